The van der Waals surface area contributed by atoms with Gasteiger partial charge >= 0.3 is 5.92 Å². The van der Waals surface area contributed by atoms with Crippen molar-refractivity contribution >= 4 is 11.6 Å². The molecule has 0 aromatic heterocycles. The van der Waals surface area contributed by atoms with Gasteiger partial charge in [0.15, 0.2) is 0 Å². The number of halogens is 4. The first-order chi connectivity index (χ1) is 5.97. The normalized spacial score (nSPS) is 11.0. The highest BCUT2D eigenvalue weighted by molar-refractivity contribution is 6.30. The van der Waals surface area contributed by atoms with Gasteiger partial charge in [0, 0.05) is 5.02 Å². The Morgan fingerprint density at radius 1 is 1.38 bits per heavy atom. The summed E-state index contributed by atoms with van der Waals surface area (Å²) in [5, 5.41) is 8.05. The molecule has 5 heteroatoms. The maximum atomic E-state index is 12.8. The van der Waals surface area contributed by atoms with Crippen molar-refractivity contribution in [3.8, 4) is 6.07 Å². The smallest absolute Gasteiger partial charge is 0.206 e. The van der Waals surface area contributed by atoms with Crippen LogP contribution in [-0.2, 0) is 5.92 Å². The summed E-state index contributed by atoms with van der Waals surface area (Å²) in [5.74, 6) is -4.99. The quantitative estimate of drug-likeness (QED) is 0.691. The van der Waals surface area contributed by atoms with Crippen LogP contribution in [0.4, 0.5) is 13.2 Å². The van der Waals surface area contributed by atoms with Gasteiger partial charge in [0.25, 0.3) is 0 Å². The van der Waals surface area contributed by atoms with Gasteiger partial charge in [-0.2, -0.15) is 14.0 Å². The maximum absolute atomic E-state index is 12.8. The molecule has 0 unspecified atom stereocenters. The van der Waals surface area contributed by atoms with E-state index in [1.165, 1.54) is 0 Å². The molecule has 1 aromatic carbocycles. The van der Waals surface area contributed by atoms with E-state index in [4.69, 9.17) is 16.9 Å². The standard InChI is InChI=1S/C8H3ClF3N/c9-5-1-2-6(7(10)3-5)8(11,12)4-13/h1-3H. The molecule has 0 saturated heterocycles. The third-order valence-corrected chi connectivity index (χ3v) is 1.64. The zero-order chi connectivity index (χ0) is 10.1. The molecule has 0 aliphatic heterocycles. The second-order valence-corrected chi connectivity index (χ2v) is 2.75. The molecule has 0 aliphatic rings. The number of alkyl halides is 2. The van der Waals surface area contributed by atoms with Crippen LogP contribution in [0.5, 0.6) is 0 Å². The molecule has 0 aliphatic carbocycles. The molecule has 0 bridgehead atoms. The number of nitrogens with zero attached hydrogens (tertiary/aromatic N) is 1. The van der Waals surface area contributed by atoms with Crippen LogP contribution in [0.2, 0.25) is 5.02 Å². The van der Waals surface area contributed by atoms with Gasteiger partial charge in [-0.25, -0.2) is 4.39 Å². The Morgan fingerprint density at radius 3 is 2.46 bits per heavy atom. The highest BCUT2D eigenvalue weighted by atomic mass is 35.5. The number of rotatable bonds is 1. The van der Waals surface area contributed by atoms with Crippen molar-refractivity contribution in [3.63, 3.8) is 0 Å². The van der Waals surface area contributed by atoms with Crippen LogP contribution in [0.25, 0.3) is 0 Å². The lowest BCUT2D eigenvalue weighted by atomic mass is 10.1. The lowest BCUT2D eigenvalue weighted by molar-refractivity contribution is 0.0572. The average molecular weight is 206 g/mol. The Kier molecular flexibility index (Phi) is 2.48. The highest BCUT2D eigenvalue weighted by Crippen LogP contribution is 2.30. The molecule has 0 amide bonds. The first-order valence-electron chi connectivity index (χ1n) is 3.22. The van der Waals surface area contributed by atoms with Crippen LogP contribution in [-0.4, -0.2) is 0 Å². The minimum absolute atomic E-state index is 0.00925. The van der Waals surface area contributed by atoms with Crippen LogP contribution >= 0.6 is 11.6 Å². The van der Waals surface area contributed by atoms with Crippen LogP contribution in [0, 0.1) is 17.1 Å². The monoisotopic (exact) mass is 205 g/mol. The summed E-state index contributed by atoms with van der Waals surface area (Å²) in [7, 11) is 0. The Balaban J connectivity index is 3.26. The van der Waals surface area contributed by atoms with Gasteiger partial charge in [-0.15, -0.1) is 0 Å². The van der Waals surface area contributed by atoms with Gasteiger partial charge in [-0.3, -0.25) is 0 Å². The van der Waals surface area contributed by atoms with E-state index < -0.39 is 17.3 Å². The van der Waals surface area contributed by atoms with E-state index in [1.807, 2.05) is 0 Å². The minimum Gasteiger partial charge on any atom is -0.206 e. The van der Waals surface area contributed by atoms with Crippen LogP contribution in [0.3, 0.4) is 0 Å². The predicted octanol–water partition coefficient (Wildman–Crippen LogP) is 3.09. The van der Waals surface area contributed by atoms with E-state index in [9.17, 15) is 13.2 Å². The minimum atomic E-state index is -3.81. The first kappa shape index (κ1) is 9.87. The summed E-state index contributed by atoms with van der Waals surface area (Å²) in [5.41, 5.74) is -0.959. The summed E-state index contributed by atoms with van der Waals surface area (Å²) in [6, 6.07) is 3.33. The van der Waals surface area contributed by atoms with Crippen molar-refractivity contribution < 1.29 is 13.2 Å². The topological polar surface area (TPSA) is 23.8 Å². The number of nitriles is 1. The second-order valence-electron chi connectivity index (χ2n) is 2.31. The molecule has 0 N–H and O–H groups in total. The van der Waals surface area contributed by atoms with Crippen molar-refractivity contribution in [3.05, 3.63) is 34.6 Å². The predicted molar refractivity (Wildman–Crippen MR) is 40.9 cm³/mol. The van der Waals surface area contributed by atoms with Crippen molar-refractivity contribution in [1.82, 2.24) is 0 Å². The molecule has 0 radical (unpaired) electrons. The van der Waals surface area contributed by atoms with Crippen molar-refractivity contribution in [2.45, 2.75) is 5.92 Å². The third-order valence-electron chi connectivity index (χ3n) is 1.41. The molecule has 0 spiro atoms. The molecular weight excluding hydrogens is 203 g/mol. The van der Waals surface area contributed by atoms with E-state index in [2.05, 4.69) is 0 Å². The molecule has 68 valence electrons. The van der Waals surface area contributed by atoms with Crippen molar-refractivity contribution in [2.75, 3.05) is 0 Å². The lowest BCUT2D eigenvalue weighted by Crippen LogP contribution is -2.11. The van der Waals surface area contributed by atoms with E-state index in [0.717, 1.165) is 18.2 Å². The molecule has 1 rings (SSSR count). The largest absolute Gasteiger partial charge is 0.360 e. The molecule has 0 atom stereocenters. The van der Waals surface area contributed by atoms with Crippen molar-refractivity contribution in [1.29, 1.82) is 5.26 Å². The molecule has 1 nitrogen and oxygen atoms in total. The van der Waals surface area contributed by atoms with Gasteiger partial charge in [0.2, 0.25) is 0 Å². The fraction of sp³-hybridized carbons (Fsp3) is 0.125. The molecule has 0 heterocycles. The summed E-state index contributed by atoms with van der Waals surface area (Å²) in [6.07, 6.45) is 0. The summed E-state index contributed by atoms with van der Waals surface area (Å²) in [6.45, 7) is 0. The van der Waals surface area contributed by atoms with Gasteiger partial charge < -0.3 is 0 Å². The van der Waals surface area contributed by atoms with E-state index in [0.29, 0.717) is 6.07 Å². The van der Waals surface area contributed by atoms with E-state index in [-0.39, 0.29) is 5.02 Å². The molecule has 13 heavy (non-hydrogen) atoms. The molecule has 0 saturated carbocycles. The number of benzene rings is 1. The molecule has 1 aromatic rings. The molecule has 0 fully saturated rings. The van der Waals surface area contributed by atoms with Gasteiger partial charge in [-0.1, -0.05) is 11.6 Å². The first-order valence-corrected chi connectivity index (χ1v) is 3.60. The Morgan fingerprint density at radius 2 is 2.00 bits per heavy atom. The Labute approximate surface area is 77.4 Å². The highest BCUT2D eigenvalue weighted by Gasteiger charge is 2.34. The number of hydrogen-bond donors (Lipinski definition) is 0. The fourth-order valence-corrected chi connectivity index (χ4v) is 0.963. The van der Waals surface area contributed by atoms with Gasteiger partial charge in [0.1, 0.15) is 11.9 Å². The second kappa shape index (κ2) is 3.27. The van der Waals surface area contributed by atoms with E-state index >= 15 is 0 Å². The van der Waals surface area contributed by atoms with E-state index in [1.54, 1.807) is 0 Å². The Hall–Kier alpha value is -1.21. The van der Waals surface area contributed by atoms with Crippen LogP contribution in [0.15, 0.2) is 18.2 Å². The lowest BCUT2D eigenvalue weighted by Gasteiger charge is -2.08. The SMILES string of the molecule is N#CC(F)(F)c1ccc(Cl)cc1F. The third kappa shape index (κ3) is 1.93. The Bertz CT molecular complexity index is 370. The summed E-state index contributed by atoms with van der Waals surface area (Å²) >= 11 is 5.34. The summed E-state index contributed by atoms with van der Waals surface area (Å²) in [4.78, 5) is 0. The van der Waals surface area contributed by atoms with Crippen molar-refractivity contribution in [2.24, 2.45) is 0 Å². The van der Waals surface area contributed by atoms with Crippen LogP contribution in [0.1, 0.15) is 5.56 Å². The van der Waals surface area contributed by atoms with Crippen LogP contribution < -0.4 is 0 Å². The van der Waals surface area contributed by atoms with Gasteiger partial charge in [-0.05, 0) is 18.2 Å². The zero-order valence-corrected chi connectivity index (χ0v) is 6.95. The summed E-state index contributed by atoms with van der Waals surface area (Å²) < 4.78 is 38.1. The molecular formula is C8H3ClF3N. The average Bonchev–Trinajstić information content (AvgIpc) is 2.03. The van der Waals surface area contributed by atoms with Gasteiger partial charge in [0.05, 0.1) is 5.56 Å². The zero-order valence-electron chi connectivity index (χ0n) is 6.19. The fourth-order valence-electron chi connectivity index (χ4n) is 0.804. The maximum Gasteiger partial charge on any atom is 0.360 e. The number of hydrogen-bond acceptors (Lipinski definition) is 1.